The monoisotopic (exact) mass is 372 g/mol. The van der Waals surface area contributed by atoms with Crippen molar-refractivity contribution in [2.45, 2.75) is 32.3 Å². The second-order valence-electron chi connectivity index (χ2n) is 5.74. The van der Waals surface area contributed by atoms with E-state index in [1.165, 1.54) is 28.8 Å². The molecule has 0 saturated heterocycles. The molecule has 0 bridgehead atoms. The van der Waals surface area contributed by atoms with E-state index < -0.39 is 11.7 Å². The third-order valence-electron chi connectivity index (χ3n) is 3.78. The SMILES string of the molecule is Cc1noc(C)c1CSCC(=O)N(C)Cc1ccc(C(F)(F)F)cc1. The molecule has 8 heteroatoms. The Bertz CT molecular complexity index is 707. The zero-order valence-electron chi connectivity index (χ0n) is 14.2. The van der Waals surface area contributed by atoms with Gasteiger partial charge in [0.25, 0.3) is 0 Å². The molecule has 25 heavy (non-hydrogen) atoms. The number of aromatic nitrogens is 1. The van der Waals surface area contributed by atoms with Gasteiger partial charge in [-0.15, -0.1) is 11.8 Å². The van der Waals surface area contributed by atoms with Crippen molar-refractivity contribution in [1.82, 2.24) is 10.1 Å². The Kier molecular flexibility index (Phi) is 6.16. The molecule has 0 aliphatic carbocycles. The first-order chi connectivity index (χ1) is 11.7. The predicted octanol–water partition coefficient (Wildman–Crippen LogP) is 4.20. The zero-order chi connectivity index (χ0) is 18.6. The van der Waals surface area contributed by atoms with Gasteiger partial charge in [0.1, 0.15) is 5.76 Å². The van der Waals surface area contributed by atoms with Crippen molar-refractivity contribution >= 4 is 17.7 Å². The highest BCUT2D eigenvalue weighted by Gasteiger charge is 2.29. The molecule has 0 N–H and O–H groups in total. The number of thioether (sulfide) groups is 1. The van der Waals surface area contributed by atoms with Crippen LogP contribution in [0.25, 0.3) is 0 Å². The third kappa shape index (κ3) is 5.26. The third-order valence-corrected chi connectivity index (χ3v) is 4.72. The molecule has 136 valence electrons. The van der Waals surface area contributed by atoms with Gasteiger partial charge in [-0.3, -0.25) is 4.79 Å². The van der Waals surface area contributed by atoms with Crippen LogP contribution in [-0.4, -0.2) is 28.8 Å². The molecule has 1 amide bonds. The van der Waals surface area contributed by atoms with Crippen molar-refractivity contribution in [3.63, 3.8) is 0 Å². The normalized spacial score (nSPS) is 11.6. The Hall–Kier alpha value is -1.96. The topological polar surface area (TPSA) is 46.3 Å². The summed E-state index contributed by atoms with van der Waals surface area (Å²) in [5, 5.41) is 3.87. The molecule has 1 aromatic heterocycles. The van der Waals surface area contributed by atoms with E-state index in [0.717, 1.165) is 29.2 Å². The average Bonchev–Trinajstić information content (AvgIpc) is 2.86. The molecule has 2 aromatic rings. The van der Waals surface area contributed by atoms with Crippen molar-refractivity contribution in [3.8, 4) is 0 Å². The summed E-state index contributed by atoms with van der Waals surface area (Å²) in [7, 11) is 1.64. The maximum atomic E-state index is 12.5. The molecule has 1 aromatic carbocycles. The van der Waals surface area contributed by atoms with E-state index in [-0.39, 0.29) is 18.2 Å². The summed E-state index contributed by atoms with van der Waals surface area (Å²) in [6.07, 6.45) is -4.35. The first-order valence-electron chi connectivity index (χ1n) is 7.58. The minimum atomic E-state index is -4.35. The van der Waals surface area contributed by atoms with Gasteiger partial charge in [0.05, 0.1) is 17.0 Å². The van der Waals surface area contributed by atoms with Crippen molar-refractivity contribution < 1.29 is 22.5 Å². The lowest BCUT2D eigenvalue weighted by Crippen LogP contribution is -2.27. The number of carbonyl (C=O) groups is 1. The number of hydrogen-bond donors (Lipinski definition) is 0. The van der Waals surface area contributed by atoms with E-state index in [0.29, 0.717) is 11.3 Å². The van der Waals surface area contributed by atoms with Gasteiger partial charge in [-0.25, -0.2) is 0 Å². The molecule has 4 nitrogen and oxygen atoms in total. The Morgan fingerprint density at radius 2 is 1.88 bits per heavy atom. The Labute approximate surface area is 148 Å². The molecule has 0 spiro atoms. The van der Waals surface area contributed by atoms with Gasteiger partial charge in [-0.1, -0.05) is 17.3 Å². The number of benzene rings is 1. The van der Waals surface area contributed by atoms with E-state index in [4.69, 9.17) is 4.52 Å². The van der Waals surface area contributed by atoms with Crippen LogP contribution in [0.5, 0.6) is 0 Å². The van der Waals surface area contributed by atoms with E-state index in [2.05, 4.69) is 5.16 Å². The van der Waals surface area contributed by atoms with Crippen molar-refractivity contribution in [1.29, 1.82) is 0 Å². The molecule has 0 radical (unpaired) electrons. The van der Waals surface area contributed by atoms with Crippen LogP contribution in [0.2, 0.25) is 0 Å². The standard InChI is InChI=1S/C17H19F3N2O2S/c1-11-15(12(2)24-21-11)9-25-10-16(23)22(3)8-13-4-6-14(7-5-13)17(18,19)20/h4-7H,8-10H2,1-3H3. The number of hydrogen-bond acceptors (Lipinski definition) is 4. The summed E-state index contributed by atoms with van der Waals surface area (Å²) >= 11 is 1.45. The molecular formula is C17H19F3N2O2S. The molecule has 0 atom stereocenters. The molecule has 0 fully saturated rings. The second kappa shape index (κ2) is 7.95. The maximum absolute atomic E-state index is 12.5. The fraction of sp³-hybridized carbons (Fsp3) is 0.412. The predicted molar refractivity (Wildman–Crippen MR) is 90.1 cm³/mol. The number of alkyl halides is 3. The molecule has 0 unspecified atom stereocenters. The first kappa shape index (κ1) is 19.4. The molecule has 2 rings (SSSR count). The lowest BCUT2D eigenvalue weighted by molar-refractivity contribution is -0.137. The molecule has 0 aliphatic heterocycles. The number of amides is 1. The number of halogens is 3. The molecule has 0 aliphatic rings. The first-order valence-corrected chi connectivity index (χ1v) is 8.73. The average molecular weight is 372 g/mol. The Morgan fingerprint density at radius 3 is 2.40 bits per heavy atom. The van der Waals surface area contributed by atoms with Crippen LogP contribution in [0.1, 0.15) is 28.1 Å². The second-order valence-corrected chi connectivity index (χ2v) is 6.73. The zero-order valence-corrected chi connectivity index (χ0v) is 15.0. The lowest BCUT2D eigenvalue weighted by atomic mass is 10.1. The van der Waals surface area contributed by atoms with Crippen LogP contribution in [-0.2, 0) is 23.3 Å². The number of aryl methyl sites for hydroxylation is 2. The highest BCUT2D eigenvalue weighted by Crippen LogP contribution is 2.29. The Balaban J connectivity index is 1.84. The summed E-state index contributed by atoms with van der Waals surface area (Å²) in [4.78, 5) is 13.7. The van der Waals surface area contributed by atoms with Crippen molar-refractivity contribution in [2.24, 2.45) is 0 Å². The summed E-state index contributed by atoms with van der Waals surface area (Å²) in [6.45, 7) is 3.95. The fourth-order valence-electron chi connectivity index (χ4n) is 2.22. The lowest BCUT2D eigenvalue weighted by Gasteiger charge is -2.17. The fourth-order valence-corrected chi connectivity index (χ4v) is 3.33. The van der Waals surface area contributed by atoms with Crippen LogP contribution < -0.4 is 0 Å². The van der Waals surface area contributed by atoms with Gasteiger partial charge in [0, 0.05) is 24.9 Å². The number of rotatable bonds is 6. The van der Waals surface area contributed by atoms with Crippen molar-refractivity contribution in [2.75, 3.05) is 12.8 Å². The maximum Gasteiger partial charge on any atom is 0.416 e. The van der Waals surface area contributed by atoms with Gasteiger partial charge in [0.2, 0.25) is 5.91 Å². The van der Waals surface area contributed by atoms with Crippen LogP contribution in [0.15, 0.2) is 28.8 Å². The highest BCUT2D eigenvalue weighted by molar-refractivity contribution is 7.99. The Morgan fingerprint density at radius 1 is 1.24 bits per heavy atom. The minimum absolute atomic E-state index is 0.0864. The van der Waals surface area contributed by atoms with Crippen molar-refractivity contribution in [3.05, 3.63) is 52.4 Å². The molecule has 1 heterocycles. The van der Waals surface area contributed by atoms with E-state index in [9.17, 15) is 18.0 Å². The summed E-state index contributed by atoms with van der Waals surface area (Å²) in [6, 6.07) is 4.84. The van der Waals surface area contributed by atoms with E-state index in [1.54, 1.807) is 7.05 Å². The highest BCUT2D eigenvalue weighted by atomic mass is 32.2. The summed E-state index contributed by atoms with van der Waals surface area (Å²) in [5.74, 6) is 1.56. The number of carbonyl (C=O) groups excluding carboxylic acids is 1. The van der Waals surface area contributed by atoms with Crippen LogP contribution in [0, 0.1) is 13.8 Å². The summed E-state index contributed by atoms with van der Waals surface area (Å²) in [5.41, 5.74) is 1.76. The van der Waals surface area contributed by atoms with Crippen LogP contribution in [0.4, 0.5) is 13.2 Å². The molecule has 0 saturated carbocycles. The van der Waals surface area contributed by atoms with Gasteiger partial charge in [-0.05, 0) is 31.5 Å². The van der Waals surface area contributed by atoms with Gasteiger partial charge >= 0.3 is 6.18 Å². The van der Waals surface area contributed by atoms with Gasteiger partial charge in [-0.2, -0.15) is 13.2 Å². The van der Waals surface area contributed by atoms with E-state index >= 15 is 0 Å². The minimum Gasteiger partial charge on any atom is -0.361 e. The van der Waals surface area contributed by atoms with E-state index in [1.807, 2.05) is 13.8 Å². The quantitative estimate of drug-likeness (QED) is 0.762. The van der Waals surface area contributed by atoms with Crippen LogP contribution in [0.3, 0.4) is 0 Å². The largest absolute Gasteiger partial charge is 0.416 e. The van der Waals surface area contributed by atoms with Crippen LogP contribution >= 0.6 is 11.8 Å². The van der Waals surface area contributed by atoms with Gasteiger partial charge in [0.15, 0.2) is 0 Å². The smallest absolute Gasteiger partial charge is 0.361 e. The molecular weight excluding hydrogens is 353 g/mol. The summed E-state index contributed by atoms with van der Waals surface area (Å²) < 4.78 is 42.7. The van der Waals surface area contributed by atoms with Gasteiger partial charge < -0.3 is 9.42 Å². The number of nitrogens with zero attached hydrogens (tertiary/aromatic N) is 2.